The van der Waals surface area contributed by atoms with E-state index in [4.69, 9.17) is 5.11 Å². The Labute approximate surface area is 84.4 Å². The molecule has 0 fully saturated rings. The first-order valence-corrected chi connectivity index (χ1v) is 4.11. The third-order valence-electron chi connectivity index (χ3n) is 1.78. The minimum Gasteiger partial charge on any atom is -0.476 e. The molecule has 0 aliphatic rings. The van der Waals surface area contributed by atoms with Crippen molar-refractivity contribution in [3.8, 4) is 5.69 Å². The Morgan fingerprint density at radius 3 is 2.60 bits per heavy atom. The van der Waals surface area contributed by atoms with E-state index in [1.165, 1.54) is 23.3 Å². The fourth-order valence-electron chi connectivity index (χ4n) is 1.07. The van der Waals surface area contributed by atoms with E-state index < -0.39 is 5.97 Å². The number of carboxylic acid groups (broad SMARTS) is 1. The van der Waals surface area contributed by atoms with Gasteiger partial charge in [0.15, 0.2) is 5.69 Å². The first-order chi connectivity index (χ1) is 7.18. The first-order valence-electron chi connectivity index (χ1n) is 4.11. The maximum Gasteiger partial charge on any atom is 0.356 e. The van der Waals surface area contributed by atoms with E-state index in [0.717, 1.165) is 0 Å². The highest BCUT2D eigenvalue weighted by Gasteiger charge is 2.13. The Balaban J connectivity index is 2.49. The quantitative estimate of drug-likeness (QED) is 0.745. The zero-order chi connectivity index (χ0) is 10.8. The number of aromatic carboxylic acids is 1. The van der Waals surface area contributed by atoms with Gasteiger partial charge in [0.1, 0.15) is 11.5 Å². The van der Waals surface area contributed by atoms with Crippen LogP contribution in [0.4, 0.5) is 0 Å². The van der Waals surface area contributed by atoms with Crippen LogP contribution in [-0.4, -0.2) is 36.0 Å². The van der Waals surface area contributed by atoms with Crippen molar-refractivity contribution in [1.82, 2.24) is 25.0 Å². The summed E-state index contributed by atoms with van der Waals surface area (Å²) >= 11 is 0. The lowest BCUT2D eigenvalue weighted by Gasteiger charge is -2.01. The van der Waals surface area contributed by atoms with Crippen LogP contribution in [0.5, 0.6) is 0 Å². The Bertz CT molecular complexity index is 490. The number of nitrogens with zero attached hydrogens (tertiary/aromatic N) is 5. The lowest BCUT2D eigenvalue weighted by atomic mass is 10.4. The van der Waals surface area contributed by atoms with Gasteiger partial charge >= 0.3 is 5.97 Å². The van der Waals surface area contributed by atoms with Crippen molar-refractivity contribution in [2.75, 3.05) is 0 Å². The molecule has 0 spiro atoms. The molecule has 0 saturated heterocycles. The van der Waals surface area contributed by atoms with Crippen LogP contribution in [0.15, 0.2) is 18.6 Å². The molecule has 2 rings (SSSR count). The Morgan fingerprint density at radius 2 is 2.00 bits per heavy atom. The summed E-state index contributed by atoms with van der Waals surface area (Å²) in [5, 5.41) is 16.0. The van der Waals surface area contributed by atoms with Crippen molar-refractivity contribution in [1.29, 1.82) is 0 Å². The zero-order valence-corrected chi connectivity index (χ0v) is 7.82. The fourth-order valence-corrected chi connectivity index (χ4v) is 1.07. The number of aryl methyl sites for hydroxylation is 1. The van der Waals surface area contributed by atoms with Gasteiger partial charge in [0, 0.05) is 0 Å². The van der Waals surface area contributed by atoms with Gasteiger partial charge in [-0.25, -0.2) is 19.4 Å². The molecule has 2 heterocycles. The van der Waals surface area contributed by atoms with Crippen molar-refractivity contribution in [2.45, 2.75) is 6.92 Å². The summed E-state index contributed by atoms with van der Waals surface area (Å²) < 4.78 is 1.17. The molecule has 15 heavy (non-hydrogen) atoms. The molecule has 0 aliphatic heterocycles. The number of hydrogen-bond donors (Lipinski definition) is 1. The van der Waals surface area contributed by atoms with E-state index in [0.29, 0.717) is 11.5 Å². The molecule has 0 atom stereocenters. The number of rotatable bonds is 2. The highest BCUT2D eigenvalue weighted by atomic mass is 16.4. The van der Waals surface area contributed by atoms with E-state index in [2.05, 4.69) is 20.3 Å². The molecule has 1 N–H and O–H groups in total. The maximum absolute atomic E-state index is 10.8. The van der Waals surface area contributed by atoms with Crippen LogP contribution < -0.4 is 0 Å². The van der Waals surface area contributed by atoms with Crippen molar-refractivity contribution in [3.05, 3.63) is 30.1 Å². The minimum atomic E-state index is -1.10. The molecule has 0 saturated carbocycles. The molecule has 0 aromatic carbocycles. The van der Waals surface area contributed by atoms with E-state index in [1.54, 1.807) is 6.92 Å². The predicted octanol–water partition coefficient (Wildman–Crippen LogP) is 0.0639. The molecule has 0 bridgehead atoms. The average molecular weight is 205 g/mol. The SMILES string of the molecule is Cc1ncc(-n2nncc2C(=O)O)cn1. The molecule has 7 nitrogen and oxygen atoms in total. The van der Waals surface area contributed by atoms with Crippen molar-refractivity contribution < 1.29 is 9.90 Å². The maximum atomic E-state index is 10.8. The van der Waals surface area contributed by atoms with Crippen LogP contribution in [0, 0.1) is 6.92 Å². The normalized spacial score (nSPS) is 10.2. The van der Waals surface area contributed by atoms with Gasteiger partial charge in [-0.1, -0.05) is 5.21 Å². The molecular formula is C8H7N5O2. The number of hydrogen-bond acceptors (Lipinski definition) is 5. The van der Waals surface area contributed by atoms with Crippen LogP contribution in [0.3, 0.4) is 0 Å². The zero-order valence-electron chi connectivity index (χ0n) is 7.82. The third kappa shape index (κ3) is 1.66. The highest BCUT2D eigenvalue weighted by molar-refractivity contribution is 5.85. The lowest BCUT2D eigenvalue weighted by Crippen LogP contribution is -2.08. The molecule has 76 valence electrons. The summed E-state index contributed by atoms with van der Waals surface area (Å²) in [6, 6.07) is 0. The van der Waals surface area contributed by atoms with Gasteiger partial charge in [-0.2, -0.15) is 0 Å². The van der Waals surface area contributed by atoms with Gasteiger partial charge in [0.25, 0.3) is 0 Å². The minimum absolute atomic E-state index is 0.0255. The van der Waals surface area contributed by atoms with Crippen molar-refractivity contribution in [3.63, 3.8) is 0 Å². The smallest absolute Gasteiger partial charge is 0.356 e. The fraction of sp³-hybridized carbons (Fsp3) is 0.125. The third-order valence-corrected chi connectivity index (χ3v) is 1.78. The second kappa shape index (κ2) is 3.45. The van der Waals surface area contributed by atoms with Gasteiger partial charge in [-0.3, -0.25) is 0 Å². The van der Waals surface area contributed by atoms with Crippen LogP contribution in [-0.2, 0) is 0 Å². The summed E-state index contributed by atoms with van der Waals surface area (Å²) in [5.41, 5.74) is 0.443. The summed E-state index contributed by atoms with van der Waals surface area (Å²) in [6.07, 6.45) is 4.15. The van der Waals surface area contributed by atoms with Crippen molar-refractivity contribution in [2.24, 2.45) is 0 Å². The van der Waals surface area contributed by atoms with Crippen molar-refractivity contribution >= 4 is 5.97 Å². The number of carboxylic acids is 1. The molecule has 0 amide bonds. The van der Waals surface area contributed by atoms with E-state index in [9.17, 15) is 4.79 Å². The van der Waals surface area contributed by atoms with Crippen LogP contribution in [0.2, 0.25) is 0 Å². The summed E-state index contributed by atoms with van der Waals surface area (Å²) in [5.74, 6) is -0.490. The second-order valence-electron chi connectivity index (χ2n) is 2.82. The van der Waals surface area contributed by atoms with E-state index >= 15 is 0 Å². The summed E-state index contributed by atoms with van der Waals surface area (Å²) in [6.45, 7) is 1.74. The van der Waals surface area contributed by atoms with Crippen LogP contribution in [0.1, 0.15) is 16.3 Å². The predicted molar refractivity (Wildman–Crippen MR) is 48.6 cm³/mol. The topological polar surface area (TPSA) is 93.8 Å². The molecule has 2 aromatic heterocycles. The molecule has 0 aliphatic carbocycles. The van der Waals surface area contributed by atoms with Gasteiger partial charge < -0.3 is 5.11 Å². The highest BCUT2D eigenvalue weighted by Crippen LogP contribution is 2.06. The first kappa shape index (κ1) is 9.25. The second-order valence-corrected chi connectivity index (χ2v) is 2.82. The largest absolute Gasteiger partial charge is 0.476 e. The molecular weight excluding hydrogens is 198 g/mol. The van der Waals surface area contributed by atoms with Crippen LogP contribution in [0.25, 0.3) is 5.69 Å². The van der Waals surface area contributed by atoms with Gasteiger partial charge in [0.05, 0.1) is 18.6 Å². The van der Waals surface area contributed by atoms with Gasteiger partial charge in [-0.05, 0) is 6.92 Å². The lowest BCUT2D eigenvalue weighted by molar-refractivity contribution is 0.0687. The molecule has 2 aromatic rings. The number of carbonyl (C=O) groups is 1. The average Bonchev–Trinajstić information content (AvgIpc) is 2.67. The summed E-state index contributed by atoms with van der Waals surface area (Å²) in [4.78, 5) is 18.7. The Morgan fingerprint density at radius 1 is 1.33 bits per heavy atom. The Kier molecular flexibility index (Phi) is 2.13. The monoisotopic (exact) mass is 205 g/mol. The summed E-state index contributed by atoms with van der Waals surface area (Å²) in [7, 11) is 0. The van der Waals surface area contributed by atoms with E-state index in [-0.39, 0.29) is 5.69 Å². The molecule has 0 unspecified atom stereocenters. The van der Waals surface area contributed by atoms with Gasteiger partial charge in [0.2, 0.25) is 0 Å². The molecule has 0 radical (unpaired) electrons. The Hall–Kier alpha value is -2.31. The van der Waals surface area contributed by atoms with Gasteiger partial charge in [-0.15, -0.1) is 5.10 Å². The number of aromatic nitrogens is 5. The van der Waals surface area contributed by atoms with E-state index in [1.807, 2.05) is 0 Å². The molecule has 7 heteroatoms. The van der Waals surface area contributed by atoms with Crippen LogP contribution >= 0.6 is 0 Å². The standard InChI is InChI=1S/C8H7N5O2/c1-5-9-2-6(3-10-5)13-7(8(14)15)4-11-12-13/h2-4H,1H3,(H,14,15).